The zero-order valence-corrected chi connectivity index (χ0v) is 14.8. The van der Waals surface area contributed by atoms with Gasteiger partial charge in [-0.25, -0.2) is 4.39 Å². The van der Waals surface area contributed by atoms with Crippen LogP contribution in [0.1, 0.15) is 5.56 Å². The normalized spacial score (nSPS) is 10.6. The van der Waals surface area contributed by atoms with Gasteiger partial charge in [-0.15, -0.1) is 10.2 Å². The van der Waals surface area contributed by atoms with E-state index in [1.54, 1.807) is 36.5 Å². The lowest BCUT2D eigenvalue weighted by molar-refractivity contribution is -0.115. The number of fused-ring (bicyclic) bond motifs is 1. The highest BCUT2D eigenvalue weighted by atomic mass is 19.1. The molecule has 1 amide bonds. The van der Waals surface area contributed by atoms with Gasteiger partial charge >= 0.3 is 0 Å². The Balaban J connectivity index is 1.44. The van der Waals surface area contributed by atoms with Gasteiger partial charge in [-0.05, 0) is 35.9 Å². The second kappa shape index (κ2) is 7.79. The third kappa shape index (κ3) is 3.93. The van der Waals surface area contributed by atoms with Crippen molar-refractivity contribution in [3.8, 4) is 0 Å². The Kier molecular flexibility index (Phi) is 4.88. The molecule has 0 aliphatic rings. The summed E-state index contributed by atoms with van der Waals surface area (Å²) in [5.74, 6) is 0.0403. The fourth-order valence-electron chi connectivity index (χ4n) is 2.81. The van der Waals surface area contributed by atoms with E-state index < -0.39 is 5.82 Å². The van der Waals surface area contributed by atoms with Crippen molar-refractivity contribution in [2.45, 2.75) is 6.42 Å². The maximum atomic E-state index is 13.6. The van der Waals surface area contributed by atoms with E-state index in [4.69, 9.17) is 0 Å². The Morgan fingerprint density at radius 2 is 1.68 bits per heavy atom. The molecule has 2 N–H and O–H groups in total. The molecule has 0 spiro atoms. The fourth-order valence-corrected chi connectivity index (χ4v) is 2.81. The van der Waals surface area contributed by atoms with E-state index in [9.17, 15) is 9.18 Å². The molecule has 0 aliphatic carbocycles. The summed E-state index contributed by atoms with van der Waals surface area (Å²) in [6.45, 7) is 0. The number of rotatable bonds is 5. The lowest BCUT2D eigenvalue weighted by atomic mass is 10.1. The van der Waals surface area contributed by atoms with E-state index in [0.29, 0.717) is 17.2 Å². The van der Waals surface area contributed by atoms with Gasteiger partial charge in [-0.3, -0.25) is 9.78 Å². The fraction of sp³-hybridized carbons (Fsp3) is 0.0476. The number of pyridine rings is 1. The highest BCUT2D eigenvalue weighted by Crippen LogP contribution is 2.23. The number of nitrogens with one attached hydrogen (secondary N) is 2. The van der Waals surface area contributed by atoms with E-state index in [1.165, 1.54) is 6.07 Å². The molecule has 0 aliphatic heterocycles. The maximum absolute atomic E-state index is 13.6. The molecule has 2 aromatic carbocycles. The molecule has 0 bridgehead atoms. The maximum Gasteiger partial charge on any atom is 0.230 e. The largest absolute Gasteiger partial charge is 0.337 e. The topological polar surface area (TPSA) is 79.8 Å². The summed E-state index contributed by atoms with van der Waals surface area (Å²) in [7, 11) is 0. The number of hydrogen-bond acceptors (Lipinski definition) is 5. The molecule has 0 saturated carbocycles. The number of carbonyl (C=O) groups excluding carboxylic acids is 1. The summed E-state index contributed by atoms with van der Waals surface area (Å²) >= 11 is 0. The molecule has 0 saturated heterocycles. The van der Waals surface area contributed by atoms with Crippen molar-refractivity contribution in [1.29, 1.82) is 0 Å². The molecule has 0 fully saturated rings. The minimum atomic E-state index is -0.410. The number of para-hydroxylation sites is 1. The first-order chi connectivity index (χ1) is 13.7. The van der Waals surface area contributed by atoms with Crippen LogP contribution in [0.2, 0.25) is 0 Å². The minimum absolute atomic E-state index is 0.0734. The van der Waals surface area contributed by atoms with Gasteiger partial charge in [0.15, 0.2) is 11.6 Å². The Labute approximate surface area is 160 Å². The van der Waals surface area contributed by atoms with Crippen LogP contribution >= 0.6 is 0 Å². The molecule has 0 unspecified atom stereocenters. The van der Waals surface area contributed by atoms with E-state index in [2.05, 4.69) is 25.8 Å². The van der Waals surface area contributed by atoms with Crippen LogP contribution in [0.15, 0.2) is 72.9 Å². The van der Waals surface area contributed by atoms with Crippen molar-refractivity contribution < 1.29 is 9.18 Å². The molecule has 28 heavy (non-hydrogen) atoms. The molecule has 2 aromatic heterocycles. The molecule has 0 radical (unpaired) electrons. The number of aromatic nitrogens is 3. The van der Waals surface area contributed by atoms with Gasteiger partial charge in [0.1, 0.15) is 5.82 Å². The van der Waals surface area contributed by atoms with Gasteiger partial charge in [0, 0.05) is 11.6 Å². The van der Waals surface area contributed by atoms with Crippen molar-refractivity contribution in [1.82, 2.24) is 15.2 Å². The summed E-state index contributed by atoms with van der Waals surface area (Å²) < 4.78 is 13.6. The number of halogens is 1. The summed E-state index contributed by atoms with van der Waals surface area (Å²) in [6, 6.07) is 19.2. The summed E-state index contributed by atoms with van der Waals surface area (Å²) in [6.07, 6.45) is 1.66. The Bertz CT molecular complexity index is 1130. The van der Waals surface area contributed by atoms with Crippen LogP contribution in [0.25, 0.3) is 10.9 Å². The quantitative estimate of drug-likeness (QED) is 0.551. The predicted molar refractivity (Wildman–Crippen MR) is 106 cm³/mol. The van der Waals surface area contributed by atoms with Gasteiger partial charge in [-0.2, -0.15) is 0 Å². The Morgan fingerprint density at radius 1 is 0.893 bits per heavy atom. The SMILES string of the molecule is O=C(Cc1ccccc1F)Nc1ccc(Nc2cccc3cccnc23)nn1. The van der Waals surface area contributed by atoms with Crippen LogP contribution in [-0.2, 0) is 11.2 Å². The number of carbonyl (C=O) groups is 1. The van der Waals surface area contributed by atoms with E-state index in [-0.39, 0.29) is 12.3 Å². The molecular weight excluding hydrogens is 357 g/mol. The van der Waals surface area contributed by atoms with Gasteiger partial charge in [-0.1, -0.05) is 36.4 Å². The van der Waals surface area contributed by atoms with Crippen LogP contribution in [-0.4, -0.2) is 21.1 Å². The van der Waals surface area contributed by atoms with E-state index in [1.807, 2.05) is 30.3 Å². The average Bonchev–Trinajstić information content (AvgIpc) is 2.71. The third-order valence-corrected chi connectivity index (χ3v) is 4.14. The van der Waals surface area contributed by atoms with Crippen molar-refractivity contribution in [3.05, 3.63) is 84.3 Å². The van der Waals surface area contributed by atoms with Crippen molar-refractivity contribution >= 4 is 34.1 Å². The number of hydrogen-bond donors (Lipinski definition) is 2. The number of amides is 1. The number of anilines is 3. The van der Waals surface area contributed by atoms with E-state index >= 15 is 0 Å². The van der Waals surface area contributed by atoms with Gasteiger partial charge < -0.3 is 10.6 Å². The Hall–Kier alpha value is -3.87. The first-order valence-electron chi connectivity index (χ1n) is 8.67. The highest BCUT2D eigenvalue weighted by Gasteiger charge is 2.09. The monoisotopic (exact) mass is 373 g/mol. The standard InChI is InChI=1S/C21H16FN5O/c22-16-8-2-1-5-15(16)13-20(28)25-19-11-10-18(26-27-19)24-17-9-3-6-14-7-4-12-23-21(14)17/h1-12H,13H2,(H,24,26)(H,25,27,28). The number of nitrogens with zero attached hydrogens (tertiary/aromatic N) is 3. The second-order valence-electron chi connectivity index (χ2n) is 6.13. The Morgan fingerprint density at radius 3 is 2.50 bits per heavy atom. The molecule has 0 atom stereocenters. The van der Waals surface area contributed by atoms with Crippen LogP contribution in [0.5, 0.6) is 0 Å². The first-order valence-corrected chi connectivity index (χ1v) is 8.67. The molecule has 138 valence electrons. The lowest BCUT2D eigenvalue weighted by Crippen LogP contribution is -2.16. The first kappa shape index (κ1) is 17.5. The highest BCUT2D eigenvalue weighted by molar-refractivity contribution is 5.92. The summed E-state index contributed by atoms with van der Waals surface area (Å²) in [5.41, 5.74) is 1.97. The smallest absolute Gasteiger partial charge is 0.230 e. The van der Waals surface area contributed by atoms with Crippen LogP contribution in [0, 0.1) is 5.82 Å². The average molecular weight is 373 g/mol. The van der Waals surface area contributed by atoms with Gasteiger partial charge in [0.2, 0.25) is 5.91 Å². The zero-order valence-electron chi connectivity index (χ0n) is 14.8. The van der Waals surface area contributed by atoms with E-state index in [0.717, 1.165) is 16.6 Å². The third-order valence-electron chi connectivity index (χ3n) is 4.14. The molecule has 7 heteroatoms. The predicted octanol–water partition coefficient (Wildman–Crippen LogP) is 4.09. The summed E-state index contributed by atoms with van der Waals surface area (Å²) in [4.78, 5) is 16.5. The van der Waals surface area contributed by atoms with Crippen LogP contribution in [0.4, 0.5) is 21.7 Å². The minimum Gasteiger partial charge on any atom is -0.337 e. The van der Waals surface area contributed by atoms with Crippen molar-refractivity contribution in [3.63, 3.8) is 0 Å². The van der Waals surface area contributed by atoms with Crippen molar-refractivity contribution in [2.24, 2.45) is 0 Å². The van der Waals surface area contributed by atoms with Crippen LogP contribution in [0.3, 0.4) is 0 Å². The lowest BCUT2D eigenvalue weighted by Gasteiger charge is -2.09. The molecule has 4 rings (SSSR count). The van der Waals surface area contributed by atoms with Gasteiger partial charge in [0.05, 0.1) is 17.6 Å². The molecule has 4 aromatic rings. The second-order valence-corrected chi connectivity index (χ2v) is 6.13. The molecule has 6 nitrogen and oxygen atoms in total. The number of benzene rings is 2. The summed E-state index contributed by atoms with van der Waals surface area (Å²) in [5, 5.41) is 14.9. The van der Waals surface area contributed by atoms with Crippen molar-refractivity contribution in [2.75, 3.05) is 10.6 Å². The van der Waals surface area contributed by atoms with Crippen LogP contribution < -0.4 is 10.6 Å². The zero-order chi connectivity index (χ0) is 19.3. The molecule has 2 heterocycles. The molecular formula is C21H16FN5O. The van der Waals surface area contributed by atoms with Gasteiger partial charge in [0.25, 0.3) is 0 Å².